The predicted octanol–water partition coefficient (Wildman–Crippen LogP) is 1.44. The Morgan fingerprint density at radius 2 is 2.04 bits per heavy atom. The number of carbonyl (C=O) groups is 1. The Labute approximate surface area is 146 Å². The number of benzene rings is 1. The third-order valence-electron chi connectivity index (χ3n) is 3.80. The van der Waals surface area contributed by atoms with Crippen molar-refractivity contribution in [1.29, 1.82) is 0 Å². The molecule has 7 nitrogen and oxygen atoms in total. The van der Waals surface area contributed by atoms with Crippen molar-refractivity contribution in [3.05, 3.63) is 48.7 Å². The lowest BCUT2D eigenvalue weighted by atomic mass is 10.2. The SMILES string of the molecule is NCC1CN(C(=O)COc2ccc(Oc3ccccn3)cc2)CCO1. The molecule has 1 atom stereocenters. The zero-order valence-corrected chi connectivity index (χ0v) is 13.8. The van der Waals surface area contributed by atoms with E-state index in [2.05, 4.69) is 4.98 Å². The van der Waals surface area contributed by atoms with Crippen molar-refractivity contribution < 1.29 is 19.0 Å². The first-order valence-electron chi connectivity index (χ1n) is 8.16. The molecule has 7 heteroatoms. The summed E-state index contributed by atoms with van der Waals surface area (Å²) < 4.78 is 16.6. The van der Waals surface area contributed by atoms with Gasteiger partial charge in [0, 0.05) is 31.9 Å². The van der Waals surface area contributed by atoms with Gasteiger partial charge in [0.1, 0.15) is 11.5 Å². The molecule has 0 saturated carbocycles. The predicted molar refractivity (Wildman–Crippen MR) is 91.6 cm³/mol. The molecule has 1 fully saturated rings. The summed E-state index contributed by atoms with van der Waals surface area (Å²) in [6.45, 7) is 1.97. The Balaban J connectivity index is 1.49. The Bertz CT molecular complexity index is 678. The van der Waals surface area contributed by atoms with E-state index < -0.39 is 0 Å². The van der Waals surface area contributed by atoms with Crippen LogP contribution in [0.5, 0.6) is 17.4 Å². The van der Waals surface area contributed by atoms with Gasteiger partial charge < -0.3 is 24.8 Å². The normalized spacial score (nSPS) is 17.2. The number of nitrogens with two attached hydrogens (primary N) is 1. The molecule has 0 spiro atoms. The van der Waals surface area contributed by atoms with E-state index in [9.17, 15) is 4.79 Å². The first-order valence-corrected chi connectivity index (χ1v) is 8.16. The first kappa shape index (κ1) is 17.2. The van der Waals surface area contributed by atoms with Gasteiger partial charge in [0.15, 0.2) is 6.61 Å². The van der Waals surface area contributed by atoms with E-state index in [-0.39, 0.29) is 18.6 Å². The molecule has 1 amide bonds. The lowest BCUT2D eigenvalue weighted by Crippen LogP contribution is -2.49. The van der Waals surface area contributed by atoms with Crippen LogP contribution in [0.3, 0.4) is 0 Å². The standard InChI is InChI=1S/C18H21N3O4/c19-11-16-12-21(9-10-23-16)18(22)13-24-14-4-6-15(7-5-14)25-17-3-1-2-8-20-17/h1-8,16H,9-13,19H2. The van der Waals surface area contributed by atoms with Crippen molar-refractivity contribution in [3.63, 3.8) is 0 Å². The number of pyridine rings is 1. The molecule has 1 saturated heterocycles. The van der Waals surface area contributed by atoms with E-state index in [4.69, 9.17) is 19.9 Å². The highest BCUT2D eigenvalue weighted by atomic mass is 16.5. The minimum absolute atomic E-state index is 0.0161. The maximum atomic E-state index is 12.2. The van der Waals surface area contributed by atoms with Crippen molar-refractivity contribution >= 4 is 5.91 Å². The molecule has 1 aliphatic rings. The molecule has 0 aliphatic carbocycles. The first-order chi connectivity index (χ1) is 12.2. The Kier molecular flexibility index (Phi) is 5.81. The third kappa shape index (κ3) is 4.91. The molecule has 0 radical (unpaired) electrons. The lowest BCUT2D eigenvalue weighted by Gasteiger charge is -2.32. The van der Waals surface area contributed by atoms with Gasteiger partial charge >= 0.3 is 0 Å². The van der Waals surface area contributed by atoms with Crippen LogP contribution in [0.1, 0.15) is 0 Å². The van der Waals surface area contributed by atoms with Gasteiger partial charge in [-0.05, 0) is 30.3 Å². The van der Waals surface area contributed by atoms with Gasteiger partial charge in [0.25, 0.3) is 5.91 Å². The molecule has 1 aromatic carbocycles. The molecule has 3 rings (SSSR count). The number of hydrogen-bond acceptors (Lipinski definition) is 6. The van der Waals surface area contributed by atoms with Crippen LogP contribution < -0.4 is 15.2 Å². The van der Waals surface area contributed by atoms with E-state index in [1.807, 2.05) is 12.1 Å². The van der Waals surface area contributed by atoms with Crippen LogP contribution in [-0.2, 0) is 9.53 Å². The highest BCUT2D eigenvalue weighted by molar-refractivity contribution is 5.77. The number of nitrogens with zero attached hydrogens (tertiary/aromatic N) is 2. The van der Waals surface area contributed by atoms with E-state index in [0.29, 0.717) is 43.6 Å². The fourth-order valence-electron chi connectivity index (χ4n) is 2.46. The van der Waals surface area contributed by atoms with E-state index >= 15 is 0 Å². The molecule has 132 valence electrons. The zero-order valence-electron chi connectivity index (χ0n) is 13.8. The minimum Gasteiger partial charge on any atom is -0.484 e. The summed E-state index contributed by atoms with van der Waals surface area (Å²) in [5, 5.41) is 0. The highest BCUT2D eigenvalue weighted by Gasteiger charge is 2.23. The van der Waals surface area contributed by atoms with Gasteiger partial charge in [-0.2, -0.15) is 0 Å². The van der Waals surface area contributed by atoms with Gasteiger partial charge in [0.2, 0.25) is 5.88 Å². The second-order valence-corrected chi connectivity index (χ2v) is 5.60. The Morgan fingerprint density at radius 1 is 1.24 bits per heavy atom. The van der Waals surface area contributed by atoms with Crippen LogP contribution in [0, 0.1) is 0 Å². The van der Waals surface area contributed by atoms with E-state index in [1.165, 1.54) is 0 Å². The number of hydrogen-bond donors (Lipinski definition) is 1. The average Bonchev–Trinajstić information content (AvgIpc) is 2.68. The molecular weight excluding hydrogens is 322 g/mol. The monoisotopic (exact) mass is 343 g/mol. The molecular formula is C18H21N3O4. The summed E-state index contributed by atoms with van der Waals surface area (Å²) in [4.78, 5) is 18.0. The lowest BCUT2D eigenvalue weighted by molar-refractivity contribution is -0.140. The van der Waals surface area contributed by atoms with Crippen molar-refractivity contribution in [3.8, 4) is 17.4 Å². The minimum atomic E-state index is -0.0965. The summed E-state index contributed by atoms with van der Waals surface area (Å²) in [5.74, 6) is 1.70. The maximum absolute atomic E-state index is 12.2. The summed E-state index contributed by atoms with van der Waals surface area (Å²) in [6, 6.07) is 12.5. The highest BCUT2D eigenvalue weighted by Crippen LogP contribution is 2.22. The summed E-state index contributed by atoms with van der Waals surface area (Å²) in [6.07, 6.45) is 1.57. The quantitative estimate of drug-likeness (QED) is 0.854. The molecule has 25 heavy (non-hydrogen) atoms. The number of aromatic nitrogens is 1. The number of ether oxygens (including phenoxy) is 3. The van der Waals surface area contributed by atoms with Crippen LogP contribution in [0.2, 0.25) is 0 Å². The molecule has 2 heterocycles. The molecule has 1 unspecified atom stereocenters. The van der Waals surface area contributed by atoms with Crippen LogP contribution in [0.25, 0.3) is 0 Å². The summed E-state index contributed by atoms with van der Waals surface area (Å²) in [7, 11) is 0. The third-order valence-corrected chi connectivity index (χ3v) is 3.80. The number of carbonyl (C=O) groups excluding carboxylic acids is 1. The van der Waals surface area contributed by atoms with Gasteiger partial charge in [-0.3, -0.25) is 4.79 Å². The largest absolute Gasteiger partial charge is 0.484 e. The zero-order chi connectivity index (χ0) is 17.5. The van der Waals surface area contributed by atoms with Gasteiger partial charge in [-0.25, -0.2) is 4.98 Å². The number of rotatable bonds is 6. The Morgan fingerprint density at radius 3 is 2.76 bits per heavy atom. The van der Waals surface area contributed by atoms with E-state index in [1.54, 1.807) is 41.4 Å². The van der Waals surface area contributed by atoms with Gasteiger partial charge in [-0.1, -0.05) is 6.07 Å². The van der Waals surface area contributed by atoms with Crippen LogP contribution >= 0.6 is 0 Å². The second-order valence-electron chi connectivity index (χ2n) is 5.60. The van der Waals surface area contributed by atoms with Crippen LogP contribution in [-0.4, -0.2) is 54.7 Å². The van der Waals surface area contributed by atoms with Gasteiger partial charge in [-0.15, -0.1) is 0 Å². The smallest absolute Gasteiger partial charge is 0.260 e. The molecule has 0 bridgehead atoms. The van der Waals surface area contributed by atoms with E-state index in [0.717, 1.165) is 0 Å². The summed E-state index contributed by atoms with van der Waals surface area (Å²) in [5.41, 5.74) is 5.59. The van der Waals surface area contributed by atoms with Gasteiger partial charge in [0.05, 0.1) is 12.7 Å². The van der Waals surface area contributed by atoms with Crippen LogP contribution in [0.4, 0.5) is 0 Å². The number of morpholine rings is 1. The average molecular weight is 343 g/mol. The fraction of sp³-hybridized carbons (Fsp3) is 0.333. The number of amides is 1. The second kappa shape index (κ2) is 8.46. The van der Waals surface area contributed by atoms with Crippen molar-refractivity contribution in [2.24, 2.45) is 5.73 Å². The fourth-order valence-corrected chi connectivity index (χ4v) is 2.46. The van der Waals surface area contributed by atoms with Crippen molar-refractivity contribution in [2.75, 3.05) is 32.8 Å². The van der Waals surface area contributed by atoms with Crippen molar-refractivity contribution in [1.82, 2.24) is 9.88 Å². The molecule has 1 aliphatic heterocycles. The topological polar surface area (TPSA) is 86.9 Å². The Hall–Kier alpha value is -2.64. The van der Waals surface area contributed by atoms with Crippen molar-refractivity contribution in [2.45, 2.75) is 6.10 Å². The molecule has 1 aromatic heterocycles. The van der Waals surface area contributed by atoms with Crippen LogP contribution in [0.15, 0.2) is 48.7 Å². The molecule has 2 N–H and O–H groups in total. The summed E-state index contributed by atoms with van der Waals surface area (Å²) >= 11 is 0. The molecule has 2 aromatic rings. The maximum Gasteiger partial charge on any atom is 0.260 e.